The minimum absolute atomic E-state index is 0.0579. The highest BCUT2D eigenvalue weighted by Gasteiger charge is 2.17. The maximum absolute atomic E-state index is 13.0. The molecule has 1 heterocycles. The highest BCUT2D eigenvalue weighted by atomic mass is 79.9. The molecule has 0 amide bonds. The Morgan fingerprint density at radius 2 is 2.00 bits per heavy atom. The van der Waals surface area contributed by atoms with Crippen LogP contribution in [0.25, 0.3) is 5.69 Å². The molecular formula is C13H9BrFNO3. The fourth-order valence-corrected chi connectivity index (χ4v) is 2.24. The molecule has 98 valence electrons. The molecule has 0 bridgehead atoms. The summed E-state index contributed by atoms with van der Waals surface area (Å²) in [6.45, 7) is 1.35. The highest BCUT2D eigenvalue weighted by molar-refractivity contribution is 9.10. The van der Waals surface area contributed by atoms with Gasteiger partial charge in [-0.25, -0.2) is 9.18 Å². The number of halogens is 2. The molecule has 4 nitrogen and oxygen atoms in total. The van der Waals surface area contributed by atoms with Gasteiger partial charge in [-0.05, 0) is 47.1 Å². The molecule has 2 aromatic rings. The summed E-state index contributed by atoms with van der Waals surface area (Å²) in [5.74, 6) is -1.84. The van der Waals surface area contributed by atoms with E-state index in [-0.39, 0.29) is 17.0 Å². The summed E-state index contributed by atoms with van der Waals surface area (Å²) >= 11 is 3.17. The van der Waals surface area contributed by atoms with Crippen LogP contribution in [0.2, 0.25) is 0 Å². The van der Waals surface area contributed by atoms with Crippen LogP contribution in [0, 0.1) is 5.82 Å². The fourth-order valence-electron chi connectivity index (χ4n) is 1.70. The number of hydrogen-bond donors (Lipinski definition) is 1. The number of benzene rings is 1. The van der Waals surface area contributed by atoms with Gasteiger partial charge in [-0.3, -0.25) is 4.79 Å². The predicted molar refractivity (Wildman–Crippen MR) is 70.4 cm³/mol. The van der Waals surface area contributed by atoms with Crippen molar-refractivity contribution in [2.24, 2.45) is 0 Å². The molecule has 0 atom stereocenters. The van der Waals surface area contributed by atoms with E-state index in [0.717, 1.165) is 0 Å². The van der Waals surface area contributed by atoms with Crippen molar-refractivity contribution < 1.29 is 19.1 Å². The first kappa shape index (κ1) is 13.5. The Bertz CT molecular complexity index is 679. The van der Waals surface area contributed by atoms with Gasteiger partial charge < -0.3 is 9.67 Å². The molecule has 0 spiro atoms. The molecule has 0 aliphatic heterocycles. The number of carbonyl (C=O) groups is 2. The third-order valence-electron chi connectivity index (χ3n) is 2.61. The van der Waals surface area contributed by atoms with E-state index < -0.39 is 11.8 Å². The lowest BCUT2D eigenvalue weighted by atomic mass is 10.2. The number of hydrogen-bond acceptors (Lipinski definition) is 2. The van der Waals surface area contributed by atoms with Crippen molar-refractivity contribution in [2.45, 2.75) is 6.92 Å². The van der Waals surface area contributed by atoms with Crippen LogP contribution in [-0.2, 0) is 0 Å². The standard InChI is InChI=1S/C13H9BrFNO3/c1-7(17)8-4-12(13(18)19)16(6-8)11-3-2-9(15)5-10(11)14/h2-6H,1H3,(H,18,19). The van der Waals surface area contributed by atoms with Crippen LogP contribution in [0.4, 0.5) is 4.39 Å². The largest absolute Gasteiger partial charge is 0.477 e. The number of ketones is 1. The number of carbonyl (C=O) groups excluding carboxylic acids is 1. The average molecular weight is 326 g/mol. The smallest absolute Gasteiger partial charge is 0.352 e. The minimum Gasteiger partial charge on any atom is -0.477 e. The topological polar surface area (TPSA) is 59.3 Å². The minimum atomic E-state index is -1.16. The van der Waals surface area contributed by atoms with Gasteiger partial charge in [0.05, 0.1) is 5.69 Å². The maximum Gasteiger partial charge on any atom is 0.352 e. The Labute approximate surface area is 116 Å². The van der Waals surface area contributed by atoms with Crippen molar-refractivity contribution in [3.8, 4) is 5.69 Å². The number of aromatic carboxylic acids is 1. The normalized spacial score (nSPS) is 10.5. The second-order valence-electron chi connectivity index (χ2n) is 3.94. The Morgan fingerprint density at radius 1 is 1.32 bits per heavy atom. The SMILES string of the molecule is CC(=O)c1cc(C(=O)O)n(-c2ccc(F)cc2Br)c1. The van der Waals surface area contributed by atoms with Gasteiger partial charge in [0.1, 0.15) is 11.5 Å². The molecule has 0 radical (unpaired) electrons. The van der Waals surface area contributed by atoms with Crippen molar-refractivity contribution in [3.05, 3.63) is 52.0 Å². The van der Waals surface area contributed by atoms with Gasteiger partial charge in [0.25, 0.3) is 0 Å². The molecule has 1 N–H and O–H groups in total. The van der Waals surface area contributed by atoms with E-state index in [0.29, 0.717) is 10.2 Å². The molecule has 6 heteroatoms. The lowest BCUT2D eigenvalue weighted by Crippen LogP contribution is -2.06. The van der Waals surface area contributed by atoms with Crippen LogP contribution in [0.5, 0.6) is 0 Å². The van der Waals surface area contributed by atoms with Crippen LogP contribution in [0.1, 0.15) is 27.8 Å². The molecule has 0 saturated carbocycles. The molecule has 0 aliphatic rings. The fraction of sp³-hybridized carbons (Fsp3) is 0.0769. The third-order valence-corrected chi connectivity index (χ3v) is 3.25. The quantitative estimate of drug-likeness (QED) is 0.881. The zero-order valence-electron chi connectivity index (χ0n) is 9.85. The molecule has 2 rings (SSSR count). The van der Waals surface area contributed by atoms with E-state index in [1.165, 1.54) is 42.0 Å². The van der Waals surface area contributed by atoms with Crippen LogP contribution in [-0.4, -0.2) is 21.4 Å². The number of carboxylic acids is 1. The van der Waals surface area contributed by atoms with Gasteiger partial charge in [-0.1, -0.05) is 0 Å². The number of Topliss-reactive ketones (excluding diaryl/α,β-unsaturated/α-hetero) is 1. The lowest BCUT2D eigenvalue weighted by Gasteiger charge is -2.08. The molecule has 1 aromatic heterocycles. The molecule has 19 heavy (non-hydrogen) atoms. The summed E-state index contributed by atoms with van der Waals surface area (Å²) in [5, 5.41) is 9.15. The first-order valence-electron chi connectivity index (χ1n) is 5.32. The van der Waals surface area contributed by atoms with Crippen LogP contribution in [0.3, 0.4) is 0 Å². The highest BCUT2D eigenvalue weighted by Crippen LogP contribution is 2.25. The predicted octanol–water partition coefficient (Wildman–Crippen LogP) is 3.28. The number of nitrogens with zero attached hydrogens (tertiary/aromatic N) is 1. The number of carboxylic acid groups (broad SMARTS) is 1. The van der Waals surface area contributed by atoms with Crippen LogP contribution in [0.15, 0.2) is 34.9 Å². The lowest BCUT2D eigenvalue weighted by molar-refractivity contribution is 0.0688. The Balaban J connectivity index is 2.66. The molecule has 0 aliphatic carbocycles. The second kappa shape index (κ2) is 4.97. The van der Waals surface area contributed by atoms with Crippen molar-refractivity contribution in [3.63, 3.8) is 0 Å². The summed E-state index contributed by atoms with van der Waals surface area (Å²) < 4.78 is 14.8. The van der Waals surface area contributed by atoms with Gasteiger partial charge in [-0.2, -0.15) is 0 Å². The van der Waals surface area contributed by atoms with Gasteiger partial charge in [0.2, 0.25) is 0 Å². The Kier molecular flexibility index (Phi) is 3.53. The molecule has 0 saturated heterocycles. The summed E-state index contributed by atoms with van der Waals surface area (Å²) in [6.07, 6.45) is 1.42. The Hall–Kier alpha value is -1.95. The molecular weight excluding hydrogens is 317 g/mol. The van der Waals surface area contributed by atoms with E-state index in [1.807, 2.05) is 0 Å². The van der Waals surface area contributed by atoms with E-state index in [1.54, 1.807) is 0 Å². The summed E-state index contributed by atoms with van der Waals surface area (Å²) in [5.41, 5.74) is 0.678. The van der Waals surface area contributed by atoms with Crippen molar-refractivity contribution in [1.29, 1.82) is 0 Å². The van der Waals surface area contributed by atoms with Crippen molar-refractivity contribution in [2.75, 3.05) is 0 Å². The summed E-state index contributed by atoms with van der Waals surface area (Å²) in [4.78, 5) is 22.5. The van der Waals surface area contributed by atoms with E-state index in [4.69, 9.17) is 5.11 Å². The Morgan fingerprint density at radius 3 is 2.53 bits per heavy atom. The van der Waals surface area contributed by atoms with Gasteiger partial charge >= 0.3 is 5.97 Å². The zero-order valence-corrected chi connectivity index (χ0v) is 11.4. The van der Waals surface area contributed by atoms with Crippen LogP contribution < -0.4 is 0 Å². The van der Waals surface area contributed by atoms with Crippen LogP contribution >= 0.6 is 15.9 Å². The van der Waals surface area contributed by atoms with Gasteiger partial charge in [0, 0.05) is 16.2 Å². The summed E-state index contributed by atoms with van der Waals surface area (Å²) in [6, 6.07) is 5.18. The molecule has 1 aromatic carbocycles. The van der Waals surface area contributed by atoms with E-state index in [2.05, 4.69) is 15.9 Å². The second-order valence-corrected chi connectivity index (χ2v) is 4.80. The molecule has 0 unspecified atom stereocenters. The molecule has 0 fully saturated rings. The van der Waals surface area contributed by atoms with E-state index >= 15 is 0 Å². The first-order valence-corrected chi connectivity index (χ1v) is 6.11. The van der Waals surface area contributed by atoms with Crippen molar-refractivity contribution in [1.82, 2.24) is 4.57 Å². The number of aromatic nitrogens is 1. The third kappa shape index (κ3) is 2.58. The van der Waals surface area contributed by atoms with Gasteiger partial charge in [-0.15, -0.1) is 0 Å². The zero-order chi connectivity index (χ0) is 14.2. The maximum atomic E-state index is 13.0. The number of rotatable bonds is 3. The van der Waals surface area contributed by atoms with Crippen molar-refractivity contribution >= 4 is 27.7 Å². The summed E-state index contributed by atoms with van der Waals surface area (Å²) in [7, 11) is 0. The van der Waals surface area contributed by atoms with Gasteiger partial charge in [0.15, 0.2) is 5.78 Å². The monoisotopic (exact) mass is 325 g/mol. The first-order chi connectivity index (χ1) is 8.90. The van der Waals surface area contributed by atoms with E-state index in [9.17, 15) is 14.0 Å². The average Bonchev–Trinajstić information content (AvgIpc) is 2.73.